The summed E-state index contributed by atoms with van der Waals surface area (Å²) in [6, 6.07) is 0.854. The van der Waals surface area contributed by atoms with Crippen molar-refractivity contribution in [2.75, 3.05) is 13.1 Å². The number of carbonyl (C=O) groups excluding carboxylic acids is 2. The zero-order valence-corrected chi connectivity index (χ0v) is 16.6. The third-order valence-corrected chi connectivity index (χ3v) is 4.70. The predicted octanol–water partition coefficient (Wildman–Crippen LogP) is 2.51. The number of alkyl halides is 1. The average Bonchev–Trinajstić information content (AvgIpc) is 2.70. The molecule has 1 heterocycles. The van der Waals surface area contributed by atoms with Crippen molar-refractivity contribution in [3.05, 3.63) is 36.0 Å². The number of amides is 2. The largest absolute Gasteiger partial charge is 0.350 e. The van der Waals surface area contributed by atoms with Gasteiger partial charge >= 0.3 is 0 Å². The minimum atomic E-state index is -1.27. The SMILES string of the molecule is CCC(=C\F)/C(=C\C=C\F)CC(=O)NCC(=O)NC(C)C1NCC(C#N)CC1F. The first-order chi connectivity index (χ1) is 13.9. The van der Waals surface area contributed by atoms with E-state index in [0.717, 1.165) is 6.08 Å². The predicted molar refractivity (Wildman–Crippen MR) is 103 cm³/mol. The van der Waals surface area contributed by atoms with Crippen molar-refractivity contribution in [2.45, 2.75) is 51.4 Å². The van der Waals surface area contributed by atoms with E-state index in [1.54, 1.807) is 13.8 Å². The van der Waals surface area contributed by atoms with Gasteiger partial charge in [-0.05, 0) is 37.0 Å². The van der Waals surface area contributed by atoms with Crippen LogP contribution in [0.1, 0.15) is 33.1 Å². The number of piperidine rings is 1. The second-order valence-electron chi connectivity index (χ2n) is 6.82. The van der Waals surface area contributed by atoms with Gasteiger partial charge in [-0.3, -0.25) is 9.59 Å². The number of halogens is 3. The van der Waals surface area contributed by atoms with Crippen LogP contribution in [0.4, 0.5) is 13.2 Å². The summed E-state index contributed by atoms with van der Waals surface area (Å²) in [5, 5.41) is 16.8. The van der Waals surface area contributed by atoms with Gasteiger partial charge in [-0.25, -0.2) is 13.2 Å². The van der Waals surface area contributed by atoms with Crippen LogP contribution in [0.5, 0.6) is 0 Å². The molecule has 1 aliphatic heterocycles. The van der Waals surface area contributed by atoms with Gasteiger partial charge in [0.2, 0.25) is 11.8 Å². The molecule has 0 aromatic carbocycles. The van der Waals surface area contributed by atoms with Crippen LogP contribution in [0.25, 0.3) is 0 Å². The van der Waals surface area contributed by atoms with Gasteiger partial charge in [0.15, 0.2) is 0 Å². The first-order valence-corrected chi connectivity index (χ1v) is 9.44. The van der Waals surface area contributed by atoms with E-state index in [4.69, 9.17) is 5.26 Å². The van der Waals surface area contributed by atoms with Crippen LogP contribution in [0, 0.1) is 17.2 Å². The van der Waals surface area contributed by atoms with Crippen LogP contribution in [-0.2, 0) is 9.59 Å². The van der Waals surface area contributed by atoms with Gasteiger partial charge in [-0.2, -0.15) is 5.26 Å². The number of carbonyl (C=O) groups is 2. The minimum Gasteiger partial charge on any atom is -0.350 e. The molecule has 0 aromatic rings. The van der Waals surface area contributed by atoms with E-state index in [1.807, 2.05) is 6.07 Å². The van der Waals surface area contributed by atoms with E-state index in [-0.39, 0.29) is 31.3 Å². The normalized spacial score (nSPS) is 24.1. The van der Waals surface area contributed by atoms with Gasteiger partial charge in [0.25, 0.3) is 0 Å². The summed E-state index contributed by atoms with van der Waals surface area (Å²) in [6.07, 6.45) is 1.92. The number of nitrogens with one attached hydrogen (secondary N) is 3. The van der Waals surface area contributed by atoms with Crippen LogP contribution in [0.2, 0.25) is 0 Å². The molecule has 3 N–H and O–H groups in total. The lowest BCUT2D eigenvalue weighted by molar-refractivity contribution is -0.126. The quantitative estimate of drug-likeness (QED) is 0.507. The zero-order valence-electron chi connectivity index (χ0n) is 16.6. The van der Waals surface area contributed by atoms with E-state index in [0.29, 0.717) is 24.9 Å². The van der Waals surface area contributed by atoms with Crippen LogP contribution in [0.3, 0.4) is 0 Å². The smallest absolute Gasteiger partial charge is 0.239 e. The standard InChI is InChI=1S/C20H27F3N4O2/c1-3-15(9-22)16(5-4-6-21)8-18(28)25-12-19(29)27-13(2)20-17(23)7-14(10-24)11-26-20/h4-6,9,13-14,17,20,26H,3,7-8,11-12H2,1-2H3,(H,25,28)(H,27,29)/b6-4+,15-9+,16-5-. The maximum atomic E-state index is 14.2. The van der Waals surface area contributed by atoms with Gasteiger partial charge < -0.3 is 16.0 Å². The lowest BCUT2D eigenvalue weighted by Gasteiger charge is -2.34. The molecular formula is C20H27F3N4O2. The fourth-order valence-corrected chi connectivity index (χ4v) is 3.11. The highest BCUT2D eigenvalue weighted by molar-refractivity contribution is 5.86. The molecule has 0 radical (unpaired) electrons. The second-order valence-corrected chi connectivity index (χ2v) is 6.82. The van der Waals surface area contributed by atoms with Crippen molar-refractivity contribution in [1.82, 2.24) is 16.0 Å². The Morgan fingerprint density at radius 3 is 2.59 bits per heavy atom. The molecule has 2 amide bonds. The Bertz CT molecular complexity index is 700. The number of allylic oxidation sites excluding steroid dienone is 3. The van der Waals surface area contributed by atoms with Crippen LogP contribution in [0.15, 0.2) is 36.0 Å². The van der Waals surface area contributed by atoms with Crippen molar-refractivity contribution in [1.29, 1.82) is 5.26 Å². The average molecular weight is 412 g/mol. The zero-order chi connectivity index (χ0) is 21.8. The maximum absolute atomic E-state index is 14.2. The molecular weight excluding hydrogens is 385 g/mol. The van der Waals surface area contributed by atoms with Crippen molar-refractivity contribution in [3.8, 4) is 6.07 Å². The van der Waals surface area contributed by atoms with Gasteiger partial charge in [0, 0.05) is 12.6 Å². The molecule has 160 valence electrons. The van der Waals surface area contributed by atoms with Crippen molar-refractivity contribution < 1.29 is 22.8 Å². The highest BCUT2D eigenvalue weighted by atomic mass is 19.1. The van der Waals surface area contributed by atoms with E-state index in [9.17, 15) is 22.8 Å². The van der Waals surface area contributed by atoms with Crippen LogP contribution < -0.4 is 16.0 Å². The lowest BCUT2D eigenvalue weighted by atomic mass is 9.90. The molecule has 4 atom stereocenters. The molecule has 0 saturated carbocycles. The molecule has 1 saturated heterocycles. The summed E-state index contributed by atoms with van der Waals surface area (Å²) in [5.41, 5.74) is 0.554. The Hall–Kier alpha value is -2.60. The topological polar surface area (TPSA) is 94.0 Å². The summed E-state index contributed by atoms with van der Waals surface area (Å²) < 4.78 is 39.3. The van der Waals surface area contributed by atoms with Gasteiger partial charge in [-0.15, -0.1) is 0 Å². The molecule has 1 aliphatic rings. The summed E-state index contributed by atoms with van der Waals surface area (Å²) in [5.74, 6) is -1.44. The number of nitriles is 1. The fraction of sp³-hybridized carbons (Fsp3) is 0.550. The van der Waals surface area contributed by atoms with Gasteiger partial charge in [-0.1, -0.05) is 13.0 Å². The summed E-state index contributed by atoms with van der Waals surface area (Å²) in [4.78, 5) is 24.1. The first kappa shape index (κ1) is 24.4. The molecule has 0 bridgehead atoms. The first-order valence-electron chi connectivity index (χ1n) is 9.44. The molecule has 29 heavy (non-hydrogen) atoms. The molecule has 1 fully saturated rings. The fourth-order valence-electron chi connectivity index (χ4n) is 3.11. The third kappa shape index (κ3) is 8.11. The number of hydrogen-bond donors (Lipinski definition) is 3. The maximum Gasteiger partial charge on any atom is 0.239 e. The monoisotopic (exact) mass is 412 g/mol. The van der Waals surface area contributed by atoms with E-state index < -0.39 is 36.0 Å². The van der Waals surface area contributed by atoms with Crippen molar-refractivity contribution in [3.63, 3.8) is 0 Å². The molecule has 0 aromatic heterocycles. The third-order valence-electron chi connectivity index (χ3n) is 4.70. The summed E-state index contributed by atoms with van der Waals surface area (Å²) in [6.45, 7) is 3.35. The Balaban J connectivity index is 2.52. The molecule has 6 nitrogen and oxygen atoms in total. The molecule has 0 aliphatic carbocycles. The van der Waals surface area contributed by atoms with E-state index >= 15 is 0 Å². The van der Waals surface area contributed by atoms with Gasteiger partial charge in [0.1, 0.15) is 6.17 Å². The molecule has 1 rings (SSSR count). The number of hydrogen-bond acceptors (Lipinski definition) is 4. The number of nitrogens with zero attached hydrogens (tertiary/aromatic N) is 1. The summed E-state index contributed by atoms with van der Waals surface area (Å²) >= 11 is 0. The van der Waals surface area contributed by atoms with Crippen LogP contribution in [-0.4, -0.2) is 43.2 Å². The molecule has 4 unspecified atom stereocenters. The summed E-state index contributed by atoms with van der Waals surface area (Å²) in [7, 11) is 0. The van der Waals surface area contributed by atoms with Crippen molar-refractivity contribution >= 4 is 11.8 Å². The molecule has 9 heteroatoms. The Kier molecular flexibility index (Phi) is 10.8. The highest BCUT2D eigenvalue weighted by Crippen LogP contribution is 2.20. The Labute approximate surface area is 168 Å². The van der Waals surface area contributed by atoms with E-state index in [2.05, 4.69) is 16.0 Å². The van der Waals surface area contributed by atoms with E-state index in [1.165, 1.54) is 6.08 Å². The Morgan fingerprint density at radius 2 is 2.03 bits per heavy atom. The van der Waals surface area contributed by atoms with Crippen LogP contribution >= 0.6 is 0 Å². The lowest BCUT2D eigenvalue weighted by Crippen LogP contribution is -2.58. The minimum absolute atomic E-state index is 0.107. The highest BCUT2D eigenvalue weighted by Gasteiger charge is 2.34. The second kappa shape index (κ2) is 12.8. The molecule has 0 spiro atoms. The number of rotatable bonds is 9. The van der Waals surface area contributed by atoms with Gasteiger partial charge in [0.05, 0.1) is 43.7 Å². The van der Waals surface area contributed by atoms with Crippen molar-refractivity contribution in [2.24, 2.45) is 5.92 Å². The Morgan fingerprint density at radius 1 is 1.31 bits per heavy atom.